The van der Waals surface area contributed by atoms with Crippen LogP contribution in [0.4, 0.5) is 17.1 Å². The van der Waals surface area contributed by atoms with Crippen LogP contribution in [-0.4, -0.2) is 0 Å². The zero-order chi connectivity index (χ0) is 44.8. The molecule has 0 saturated heterocycles. The Hall–Kier alpha value is -8.78. The lowest BCUT2D eigenvalue weighted by Gasteiger charge is -2.26. The summed E-state index contributed by atoms with van der Waals surface area (Å²) in [5.41, 5.74) is 22.4. The van der Waals surface area contributed by atoms with E-state index in [0.29, 0.717) is 0 Å². The lowest BCUT2D eigenvalue weighted by molar-refractivity contribution is 1.28. The van der Waals surface area contributed by atoms with Crippen LogP contribution in [0.2, 0.25) is 0 Å². The summed E-state index contributed by atoms with van der Waals surface area (Å²) in [5.74, 6) is 0. The van der Waals surface area contributed by atoms with Crippen LogP contribution in [0, 0.1) is 0 Å². The van der Waals surface area contributed by atoms with Gasteiger partial charge in [-0.2, -0.15) is 0 Å². The summed E-state index contributed by atoms with van der Waals surface area (Å²) in [4.78, 5) is 2.37. The fourth-order valence-electron chi connectivity index (χ4n) is 9.47. The van der Waals surface area contributed by atoms with E-state index < -0.39 is 0 Å². The molecule has 0 saturated carbocycles. The first-order valence-electron chi connectivity index (χ1n) is 23.0. The van der Waals surface area contributed by atoms with Crippen LogP contribution in [0.15, 0.2) is 285 Å². The number of benzene rings is 11. The fourth-order valence-corrected chi connectivity index (χ4v) is 9.47. The van der Waals surface area contributed by atoms with Crippen LogP contribution in [0.1, 0.15) is 0 Å². The van der Waals surface area contributed by atoms with Crippen LogP contribution in [0.5, 0.6) is 0 Å². The summed E-state index contributed by atoms with van der Waals surface area (Å²) in [6, 6.07) is 103. The predicted octanol–water partition coefficient (Wildman–Crippen LogP) is 18.5. The lowest BCUT2D eigenvalue weighted by atomic mass is 9.87. The van der Waals surface area contributed by atoms with E-state index in [2.05, 4.69) is 290 Å². The molecular weight excluding hydrogens is 807 g/mol. The number of hydrogen-bond acceptors (Lipinski definition) is 1. The minimum absolute atomic E-state index is 1.08. The van der Waals surface area contributed by atoms with E-state index in [0.717, 1.165) is 28.2 Å². The second-order valence-electron chi connectivity index (χ2n) is 16.8. The van der Waals surface area contributed by atoms with Gasteiger partial charge >= 0.3 is 0 Å². The van der Waals surface area contributed by atoms with Crippen molar-refractivity contribution < 1.29 is 0 Å². The highest BCUT2D eigenvalue weighted by atomic mass is 15.1. The summed E-state index contributed by atoms with van der Waals surface area (Å²) in [6.45, 7) is 0. The maximum absolute atomic E-state index is 2.37. The Morgan fingerprint density at radius 2 is 0.403 bits per heavy atom. The van der Waals surface area contributed by atoms with Gasteiger partial charge in [-0.05, 0) is 131 Å². The summed E-state index contributed by atoms with van der Waals surface area (Å²) in [7, 11) is 0. The van der Waals surface area contributed by atoms with Crippen molar-refractivity contribution in [1.29, 1.82) is 0 Å². The van der Waals surface area contributed by atoms with E-state index in [1.54, 1.807) is 0 Å². The first-order valence-corrected chi connectivity index (χ1v) is 23.0. The summed E-state index contributed by atoms with van der Waals surface area (Å²) in [6.07, 6.45) is 0. The lowest BCUT2D eigenvalue weighted by Crippen LogP contribution is -2.09. The Morgan fingerprint density at radius 1 is 0.164 bits per heavy atom. The quantitative estimate of drug-likeness (QED) is 0.125. The third-order valence-corrected chi connectivity index (χ3v) is 12.7. The van der Waals surface area contributed by atoms with E-state index in [4.69, 9.17) is 0 Å². The predicted molar refractivity (Wildman–Crippen MR) is 285 cm³/mol. The maximum atomic E-state index is 2.37. The third kappa shape index (κ3) is 8.51. The Balaban J connectivity index is 1.01. The van der Waals surface area contributed by atoms with Gasteiger partial charge in [-0.25, -0.2) is 0 Å². The van der Waals surface area contributed by atoms with Crippen molar-refractivity contribution in [2.75, 3.05) is 4.90 Å². The highest BCUT2D eigenvalue weighted by Crippen LogP contribution is 2.44. The highest BCUT2D eigenvalue weighted by molar-refractivity contribution is 5.96. The van der Waals surface area contributed by atoms with Crippen molar-refractivity contribution in [3.8, 4) is 89.0 Å². The molecule has 11 aromatic carbocycles. The molecule has 0 aromatic heterocycles. The average Bonchev–Trinajstić information content (AvgIpc) is 3.42. The Kier molecular flexibility index (Phi) is 11.5. The standard InChI is InChI=1S/C66H47N/c1-6-19-48(20-7-1)56-29-16-30-57(47-56)49-35-41-58(42-36-49)67(59-43-37-52(38-44-59)63-33-17-31-61(50-21-8-2-9-22-50)65(63)54-25-12-4-13-26-54)60-45-39-53(40-46-60)64-34-18-32-62(51-23-10-3-11-24-51)66(64)55-27-14-5-15-28-55/h1-47H. The Labute approximate surface area is 394 Å². The molecule has 0 N–H and O–H groups in total. The molecule has 0 unspecified atom stereocenters. The number of hydrogen-bond donors (Lipinski definition) is 0. The minimum atomic E-state index is 1.08. The molecule has 0 bridgehead atoms. The SMILES string of the molecule is c1ccc(-c2cccc(-c3ccc(N(c4ccc(-c5cccc(-c6ccccc6)c5-c5ccccc5)cc4)c4ccc(-c5cccc(-c6ccccc6)c5-c5ccccc5)cc4)cc3)c2)cc1. The molecule has 316 valence electrons. The van der Waals surface area contributed by atoms with Gasteiger partial charge in [0.05, 0.1) is 0 Å². The van der Waals surface area contributed by atoms with Crippen LogP contribution in [0.3, 0.4) is 0 Å². The largest absolute Gasteiger partial charge is 0.311 e. The van der Waals surface area contributed by atoms with Crippen LogP contribution in [0.25, 0.3) is 89.0 Å². The van der Waals surface area contributed by atoms with Crippen LogP contribution < -0.4 is 4.90 Å². The molecule has 1 heteroatoms. The third-order valence-electron chi connectivity index (χ3n) is 12.7. The number of nitrogens with zero attached hydrogens (tertiary/aromatic N) is 1. The highest BCUT2D eigenvalue weighted by Gasteiger charge is 2.19. The topological polar surface area (TPSA) is 3.24 Å². The van der Waals surface area contributed by atoms with Crippen molar-refractivity contribution in [2.24, 2.45) is 0 Å². The number of rotatable bonds is 11. The first-order chi connectivity index (χ1) is 33.2. The average molecular weight is 854 g/mol. The molecule has 0 radical (unpaired) electrons. The molecule has 0 atom stereocenters. The van der Waals surface area contributed by atoms with Crippen molar-refractivity contribution >= 4 is 17.1 Å². The van der Waals surface area contributed by atoms with Crippen molar-refractivity contribution in [2.45, 2.75) is 0 Å². The molecule has 0 aliphatic rings. The first kappa shape index (κ1) is 41.0. The Morgan fingerprint density at radius 3 is 0.746 bits per heavy atom. The molecule has 0 amide bonds. The van der Waals surface area contributed by atoms with Crippen molar-refractivity contribution in [1.82, 2.24) is 0 Å². The molecule has 1 nitrogen and oxygen atoms in total. The van der Waals surface area contributed by atoms with Gasteiger partial charge in [-0.15, -0.1) is 0 Å². The van der Waals surface area contributed by atoms with Gasteiger partial charge in [-0.1, -0.05) is 243 Å². The van der Waals surface area contributed by atoms with E-state index in [-0.39, 0.29) is 0 Å². The smallest absolute Gasteiger partial charge is 0.0462 e. The van der Waals surface area contributed by atoms with Gasteiger partial charge in [0, 0.05) is 17.1 Å². The maximum Gasteiger partial charge on any atom is 0.0462 e. The normalized spacial score (nSPS) is 11.0. The Bertz CT molecular complexity index is 3210. The van der Waals surface area contributed by atoms with Crippen LogP contribution in [-0.2, 0) is 0 Å². The zero-order valence-corrected chi connectivity index (χ0v) is 37.1. The molecule has 11 rings (SSSR count). The van der Waals surface area contributed by atoms with E-state index >= 15 is 0 Å². The molecule has 0 aliphatic carbocycles. The molecule has 67 heavy (non-hydrogen) atoms. The molecular formula is C66H47N. The molecule has 0 aliphatic heterocycles. The minimum Gasteiger partial charge on any atom is -0.311 e. The number of anilines is 3. The van der Waals surface area contributed by atoms with Gasteiger partial charge in [0.25, 0.3) is 0 Å². The summed E-state index contributed by atoms with van der Waals surface area (Å²) in [5, 5.41) is 0. The summed E-state index contributed by atoms with van der Waals surface area (Å²) < 4.78 is 0. The molecule has 0 spiro atoms. The van der Waals surface area contributed by atoms with E-state index in [9.17, 15) is 0 Å². The zero-order valence-electron chi connectivity index (χ0n) is 37.1. The molecule has 11 aromatic rings. The summed E-state index contributed by atoms with van der Waals surface area (Å²) >= 11 is 0. The van der Waals surface area contributed by atoms with Crippen LogP contribution >= 0.6 is 0 Å². The van der Waals surface area contributed by atoms with Gasteiger partial charge in [0.2, 0.25) is 0 Å². The van der Waals surface area contributed by atoms with Gasteiger partial charge in [-0.3, -0.25) is 0 Å². The molecule has 0 heterocycles. The van der Waals surface area contributed by atoms with Crippen molar-refractivity contribution in [3.05, 3.63) is 285 Å². The van der Waals surface area contributed by atoms with Gasteiger partial charge in [0.1, 0.15) is 0 Å². The van der Waals surface area contributed by atoms with Gasteiger partial charge in [0.15, 0.2) is 0 Å². The van der Waals surface area contributed by atoms with E-state index in [1.807, 2.05) is 0 Å². The second kappa shape index (κ2) is 18.7. The fraction of sp³-hybridized carbons (Fsp3) is 0. The van der Waals surface area contributed by atoms with E-state index in [1.165, 1.54) is 77.9 Å². The van der Waals surface area contributed by atoms with Crippen molar-refractivity contribution in [3.63, 3.8) is 0 Å². The molecule has 0 fully saturated rings. The van der Waals surface area contributed by atoms with Gasteiger partial charge < -0.3 is 4.90 Å². The second-order valence-corrected chi connectivity index (χ2v) is 16.8. The monoisotopic (exact) mass is 853 g/mol.